The molecule has 15 heteroatoms. The first-order chi connectivity index (χ1) is 4.90. The molecule has 0 fully saturated rings. The molecule has 96 valence electrons. The van der Waals surface area contributed by atoms with Gasteiger partial charge in [0.15, 0.2) is 0 Å². The van der Waals surface area contributed by atoms with Crippen molar-refractivity contribution in [3.05, 3.63) is 0 Å². The Kier molecular flexibility index (Phi) is 4.74. The molecule has 0 bridgehead atoms. The van der Waals surface area contributed by atoms with E-state index >= 15 is 0 Å². The largest absolute Gasteiger partial charge is 4.00 e. The molecule has 0 unspecified atom stereocenters. The summed E-state index contributed by atoms with van der Waals surface area (Å²) in [4.78, 5) is 0. The number of halogens is 12. The van der Waals surface area contributed by atoms with Crippen molar-refractivity contribution < 1.29 is 97.8 Å². The predicted octanol–water partition coefficient (Wildman–Crippen LogP) is 5.03. The van der Waals surface area contributed by atoms with Crippen LogP contribution in [0.25, 0.3) is 0 Å². The van der Waals surface area contributed by atoms with E-state index in [1.807, 2.05) is 0 Å². The van der Waals surface area contributed by atoms with E-state index in [2.05, 4.69) is 0 Å². The quantitative estimate of drug-likeness (QED) is 0.385. The molecule has 0 rings (SSSR count). The molecule has 0 aliphatic heterocycles. The molecule has 0 amide bonds. The Bertz CT molecular complexity index is 161. The van der Waals surface area contributed by atoms with Crippen LogP contribution in [0.4, 0.5) is 37.1 Å². The maximum absolute atomic E-state index is 11.2. The molecule has 0 spiro atoms. The maximum atomic E-state index is 9.92. The Labute approximate surface area is 97.1 Å². The minimum absolute atomic E-state index is 0. The van der Waals surface area contributed by atoms with Crippen LogP contribution in [0.3, 0.4) is 0 Å². The molecule has 0 radical (unpaired) electrons. The Hall–Kier alpha value is 1.47. The third-order valence-corrected chi connectivity index (χ3v) is 0. The van der Waals surface area contributed by atoms with Gasteiger partial charge in [0, 0.05) is 0 Å². The maximum Gasteiger partial charge on any atom is 4.00 e. The minimum Gasteiger partial charge on any atom is 4.00 e. The molecule has 0 aliphatic rings. The average molecular weight is 415 g/mol. The van der Waals surface area contributed by atoms with Crippen molar-refractivity contribution in [1.29, 1.82) is 0 Å². The van der Waals surface area contributed by atoms with E-state index in [-0.39, 0.29) is 26.2 Å². The monoisotopic (exact) mass is 414 g/mol. The van der Waals surface area contributed by atoms with Gasteiger partial charge < -0.3 is 0 Å². The number of rotatable bonds is 0. The van der Waals surface area contributed by atoms with E-state index < -0.39 is 34.5 Å². The number of hydrogen-bond donors (Lipinski definition) is 0. The normalized spacial score (nSPS) is 21.6. The van der Waals surface area contributed by atoms with Crippen LogP contribution in [-0.4, -0.2) is 0 Å². The van der Waals surface area contributed by atoms with E-state index in [1.54, 1.807) is 0 Å². The average Bonchev–Trinajstić information content (AvgIpc) is 0.938. The summed E-state index contributed by atoms with van der Waals surface area (Å²) in [7, 11) is 0. The molecular formula is F12Ti2Zr. The second kappa shape index (κ2) is 3.27. The van der Waals surface area contributed by atoms with Gasteiger partial charge in [-0.2, -0.15) is 0 Å². The summed E-state index contributed by atoms with van der Waals surface area (Å²) in [5, 5.41) is 0. The van der Waals surface area contributed by atoms with Crippen LogP contribution in [0.5, 0.6) is 0 Å². The first kappa shape index (κ1) is 21.7. The molecule has 0 heterocycles. The van der Waals surface area contributed by atoms with Crippen LogP contribution in [0.1, 0.15) is 0 Å². The zero-order valence-corrected chi connectivity index (χ0v) is 11.6. The molecule has 0 atom stereocenters. The van der Waals surface area contributed by atoms with Crippen molar-refractivity contribution in [2.45, 2.75) is 0 Å². The molecule has 0 saturated carbocycles. The van der Waals surface area contributed by atoms with Crippen LogP contribution in [0.15, 0.2) is 0 Å². The van der Waals surface area contributed by atoms with Gasteiger partial charge in [-0.05, 0) is 0 Å². The van der Waals surface area contributed by atoms with Gasteiger partial charge in [-0.15, -0.1) is 0 Å². The summed E-state index contributed by atoms with van der Waals surface area (Å²) in [5.74, 6) is 0. The second-order valence-corrected chi connectivity index (χ2v) is 8.84. The van der Waals surface area contributed by atoms with Crippen LogP contribution in [-0.2, 0) is 60.7 Å². The Morgan fingerprint density at radius 2 is 0.333 bits per heavy atom. The van der Waals surface area contributed by atoms with E-state index in [4.69, 9.17) is 0 Å². The molecule has 0 aromatic rings. The SMILES string of the molecule is [F][Ti-2]([F])([F])([F])([F])[F].[F][Ti-2]([F])([F])([F])([F])[F].[Zr+4]. The molecule has 0 N–H and O–H groups in total. The molecule has 0 nitrogen and oxygen atoms in total. The van der Waals surface area contributed by atoms with Gasteiger partial charge in [0.1, 0.15) is 0 Å². The molecule has 15 heavy (non-hydrogen) atoms. The summed E-state index contributed by atoms with van der Waals surface area (Å²) in [6.07, 6.45) is 0. The predicted molar refractivity (Wildman–Crippen MR) is 13.3 cm³/mol. The molecule has 0 aromatic carbocycles. The number of hydrogen-bond acceptors (Lipinski definition) is 0. The van der Waals surface area contributed by atoms with E-state index in [0.29, 0.717) is 0 Å². The fourth-order valence-corrected chi connectivity index (χ4v) is 0. The van der Waals surface area contributed by atoms with Crippen molar-refractivity contribution in [3.8, 4) is 0 Å². The third-order valence-electron chi connectivity index (χ3n) is 0. The summed E-state index contributed by atoms with van der Waals surface area (Å²) >= 11 is -22.3. The van der Waals surface area contributed by atoms with Gasteiger partial charge in [-0.25, -0.2) is 0 Å². The zero-order chi connectivity index (χ0) is 12.8. The first-order valence-electron chi connectivity index (χ1n) is 2.27. The summed E-state index contributed by atoms with van der Waals surface area (Å²) in [6.45, 7) is 0. The fraction of sp³-hybridized carbons (Fsp3) is 0. The van der Waals surface area contributed by atoms with E-state index in [0.717, 1.165) is 0 Å². The van der Waals surface area contributed by atoms with Gasteiger partial charge in [-0.3, -0.25) is 0 Å². The molecule has 0 aliphatic carbocycles. The molecular weight excluding hydrogens is 415 g/mol. The molecule has 0 aromatic heterocycles. The van der Waals surface area contributed by atoms with Crippen molar-refractivity contribution in [2.24, 2.45) is 0 Å². The summed E-state index contributed by atoms with van der Waals surface area (Å²) in [6, 6.07) is 0. The minimum atomic E-state index is -11.2. The van der Waals surface area contributed by atoms with E-state index in [1.165, 1.54) is 0 Å². The van der Waals surface area contributed by atoms with Gasteiger partial charge in [0.05, 0.1) is 0 Å². The van der Waals surface area contributed by atoms with Crippen molar-refractivity contribution >= 4 is 0 Å². The van der Waals surface area contributed by atoms with Gasteiger partial charge in [0.25, 0.3) is 0 Å². The van der Waals surface area contributed by atoms with Crippen molar-refractivity contribution in [2.75, 3.05) is 0 Å². The molecule has 0 saturated heterocycles. The Morgan fingerprint density at radius 1 is 0.333 bits per heavy atom. The topological polar surface area (TPSA) is 0 Å². The van der Waals surface area contributed by atoms with Gasteiger partial charge in [0.2, 0.25) is 0 Å². The fourth-order valence-electron chi connectivity index (χ4n) is 0. The first-order valence-corrected chi connectivity index (χ1v) is 9.35. The standard InChI is InChI=1S/12FH.2Ti.Zr/h12*1H;;;/q;;;;;;;;;;;;3*+4/p-12. The summed E-state index contributed by atoms with van der Waals surface area (Å²) in [5.41, 5.74) is 0. The van der Waals surface area contributed by atoms with Gasteiger partial charge >= 0.3 is 97.8 Å². The van der Waals surface area contributed by atoms with E-state index in [9.17, 15) is 37.1 Å². The van der Waals surface area contributed by atoms with Crippen LogP contribution in [0, 0.1) is 0 Å². The van der Waals surface area contributed by atoms with Crippen LogP contribution in [0.2, 0.25) is 0 Å². The summed E-state index contributed by atoms with van der Waals surface area (Å²) < 4.78 is 119. The van der Waals surface area contributed by atoms with Gasteiger partial charge in [-0.1, -0.05) is 0 Å². The van der Waals surface area contributed by atoms with Crippen LogP contribution < -0.4 is 0 Å². The smallest absolute Gasteiger partial charge is 4.00 e. The zero-order valence-electron chi connectivity index (χ0n) is 6.04. The Balaban J connectivity index is -0.000000180. The van der Waals surface area contributed by atoms with Crippen molar-refractivity contribution in [3.63, 3.8) is 0 Å². The van der Waals surface area contributed by atoms with Crippen LogP contribution >= 0.6 is 0 Å². The third kappa shape index (κ3) is 1300. The van der Waals surface area contributed by atoms with Crippen molar-refractivity contribution in [1.82, 2.24) is 0 Å². The Morgan fingerprint density at radius 3 is 0.333 bits per heavy atom. The second-order valence-electron chi connectivity index (χ2n) is 2.14.